The van der Waals surface area contributed by atoms with E-state index in [2.05, 4.69) is 12.2 Å². The summed E-state index contributed by atoms with van der Waals surface area (Å²) in [6.45, 7) is 3.19. The van der Waals surface area contributed by atoms with E-state index in [1.54, 1.807) is 0 Å². The predicted molar refractivity (Wildman–Crippen MR) is 66.5 cm³/mol. The zero-order valence-corrected chi connectivity index (χ0v) is 10.7. The summed E-state index contributed by atoms with van der Waals surface area (Å²) in [6, 6.07) is 0.322. The first-order valence-electron chi connectivity index (χ1n) is 6.81. The third-order valence-corrected chi connectivity index (χ3v) is 4.20. The average molecular weight is 240 g/mol. The first-order chi connectivity index (χ1) is 8.14. The van der Waals surface area contributed by atoms with E-state index in [0.29, 0.717) is 25.7 Å². The number of nitrogens with two attached hydrogens (primary N) is 1. The van der Waals surface area contributed by atoms with Crippen LogP contribution in [0.4, 0.5) is 0 Å². The van der Waals surface area contributed by atoms with Crippen molar-refractivity contribution in [3.63, 3.8) is 0 Å². The Morgan fingerprint density at radius 2 is 2.35 bits per heavy atom. The van der Waals surface area contributed by atoms with Gasteiger partial charge in [-0.05, 0) is 25.2 Å². The highest BCUT2D eigenvalue weighted by atomic mass is 16.5. The van der Waals surface area contributed by atoms with Crippen molar-refractivity contribution in [3.8, 4) is 0 Å². The molecule has 2 aliphatic rings. The summed E-state index contributed by atoms with van der Waals surface area (Å²) < 4.78 is 5.23. The van der Waals surface area contributed by atoms with Crippen molar-refractivity contribution in [3.05, 3.63) is 0 Å². The molecule has 0 spiro atoms. The van der Waals surface area contributed by atoms with E-state index < -0.39 is 5.54 Å². The first kappa shape index (κ1) is 12.8. The molecule has 4 heteroatoms. The number of rotatable bonds is 3. The Morgan fingerprint density at radius 3 is 3.00 bits per heavy atom. The molecule has 0 aromatic carbocycles. The van der Waals surface area contributed by atoms with Gasteiger partial charge in [-0.1, -0.05) is 26.2 Å². The van der Waals surface area contributed by atoms with Crippen LogP contribution in [0.1, 0.15) is 45.4 Å². The molecule has 0 bridgehead atoms. The van der Waals surface area contributed by atoms with Crippen LogP contribution >= 0.6 is 0 Å². The highest BCUT2D eigenvalue weighted by molar-refractivity contribution is 5.86. The highest BCUT2D eigenvalue weighted by Gasteiger charge is 2.39. The van der Waals surface area contributed by atoms with Gasteiger partial charge in [-0.25, -0.2) is 0 Å². The molecule has 2 fully saturated rings. The molecule has 1 heterocycles. The Bertz CT molecular complexity index is 275. The van der Waals surface area contributed by atoms with E-state index >= 15 is 0 Å². The molecule has 98 valence electrons. The molecule has 4 nitrogen and oxygen atoms in total. The second-order valence-corrected chi connectivity index (χ2v) is 5.57. The Morgan fingerprint density at radius 1 is 1.53 bits per heavy atom. The lowest BCUT2D eigenvalue weighted by Gasteiger charge is -2.31. The van der Waals surface area contributed by atoms with Crippen LogP contribution < -0.4 is 11.1 Å². The number of amides is 1. The van der Waals surface area contributed by atoms with Crippen molar-refractivity contribution in [2.45, 2.75) is 57.0 Å². The van der Waals surface area contributed by atoms with Gasteiger partial charge in [0.15, 0.2) is 0 Å². The second kappa shape index (κ2) is 5.36. The standard InChI is InChI=1S/C13H24N2O2/c1-2-10-4-3-5-11(8-10)15-12(16)13(14)6-7-17-9-13/h10-11H,2-9,14H2,1H3,(H,15,16). The molecule has 3 N–H and O–H groups in total. The zero-order valence-electron chi connectivity index (χ0n) is 10.7. The Balaban J connectivity index is 1.85. The summed E-state index contributed by atoms with van der Waals surface area (Å²) in [5.74, 6) is 0.749. The van der Waals surface area contributed by atoms with Gasteiger partial charge < -0.3 is 15.8 Å². The first-order valence-corrected chi connectivity index (χ1v) is 6.81. The molecule has 3 unspecified atom stereocenters. The fraction of sp³-hybridized carbons (Fsp3) is 0.923. The maximum atomic E-state index is 12.1. The highest BCUT2D eigenvalue weighted by Crippen LogP contribution is 2.27. The van der Waals surface area contributed by atoms with Gasteiger partial charge in [0.25, 0.3) is 0 Å². The molecule has 1 saturated carbocycles. The second-order valence-electron chi connectivity index (χ2n) is 5.57. The summed E-state index contributed by atoms with van der Waals surface area (Å²) in [5.41, 5.74) is 5.27. The quantitative estimate of drug-likeness (QED) is 0.779. The van der Waals surface area contributed by atoms with Crippen LogP contribution in [0.2, 0.25) is 0 Å². The van der Waals surface area contributed by atoms with Crippen LogP contribution in [-0.2, 0) is 9.53 Å². The number of nitrogens with one attached hydrogen (secondary N) is 1. The van der Waals surface area contributed by atoms with E-state index in [4.69, 9.17) is 10.5 Å². The molecule has 1 aliphatic carbocycles. The Kier molecular flexibility index (Phi) is 4.05. The number of hydrogen-bond acceptors (Lipinski definition) is 3. The molecule has 0 aromatic rings. The van der Waals surface area contributed by atoms with Crippen LogP contribution in [-0.4, -0.2) is 30.7 Å². The summed E-state index contributed by atoms with van der Waals surface area (Å²) in [7, 11) is 0. The number of carbonyl (C=O) groups is 1. The molecule has 0 aromatic heterocycles. The molecule has 0 radical (unpaired) electrons. The number of ether oxygens (including phenoxy) is 1. The summed E-state index contributed by atoms with van der Waals surface area (Å²) in [6.07, 6.45) is 6.58. The lowest BCUT2D eigenvalue weighted by Crippen LogP contribution is -2.57. The van der Waals surface area contributed by atoms with Crippen molar-refractivity contribution in [2.24, 2.45) is 11.7 Å². The van der Waals surface area contributed by atoms with Crippen LogP contribution in [0.5, 0.6) is 0 Å². The lowest BCUT2D eigenvalue weighted by atomic mass is 9.84. The number of carbonyl (C=O) groups excluding carboxylic acids is 1. The summed E-state index contributed by atoms with van der Waals surface area (Å²) in [4.78, 5) is 12.1. The molecular weight excluding hydrogens is 216 g/mol. The fourth-order valence-electron chi connectivity index (χ4n) is 2.88. The van der Waals surface area contributed by atoms with Gasteiger partial charge in [0.2, 0.25) is 5.91 Å². The predicted octanol–water partition coefficient (Wildman–Crippen LogP) is 1.19. The minimum absolute atomic E-state index is 0.0169. The zero-order chi connectivity index (χ0) is 12.3. The SMILES string of the molecule is CCC1CCCC(NC(=O)C2(N)CCOC2)C1. The number of hydrogen-bond donors (Lipinski definition) is 2. The van der Waals surface area contributed by atoms with Crippen molar-refractivity contribution in [1.29, 1.82) is 0 Å². The van der Waals surface area contributed by atoms with E-state index in [9.17, 15) is 4.79 Å². The third-order valence-electron chi connectivity index (χ3n) is 4.20. The van der Waals surface area contributed by atoms with Crippen LogP contribution in [0.3, 0.4) is 0 Å². The Labute approximate surface area is 103 Å². The topological polar surface area (TPSA) is 64.4 Å². The van der Waals surface area contributed by atoms with E-state index in [1.807, 2.05) is 0 Å². The van der Waals surface area contributed by atoms with Crippen molar-refractivity contribution < 1.29 is 9.53 Å². The Hall–Kier alpha value is -0.610. The smallest absolute Gasteiger partial charge is 0.242 e. The van der Waals surface area contributed by atoms with Crippen molar-refractivity contribution >= 4 is 5.91 Å². The van der Waals surface area contributed by atoms with E-state index in [0.717, 1.165) is 18.8 Å². The summed E-state index contributed by atoms with van der Waals surface area (Å²) >= 11 is 0. The molecule has 1 aliphatic heterocycles. The fourth-order valence-corrected chi connectivity index (χ4v) is 2.88. The monoisotopic (exact) mass is 240 g/mol. The van der Waals surface area contributed by atoms with Crippen LogP contribution in [0.25, 0.3) is 0 Å². The molecule has 3 atom stereocenters. The van der Waals surface area contributed by atoms with E-state index in [-0.39, 0.29) is 5.91 Å². The van der Waals surface area contributed by atoms with Gasteiger partial charge in [0.05, 0.1) is 6.61 Å². The average Bonchev–Trinajstić information content (AvgIpc) is 2.78. The maximum absolute atomic E-state index is 12.1. The van der Waals surface area contributed by atoms with Gasteiger partial charge >= 0.3 is 0 Å². The van der Waals surface area contributed by atoms with Crippen LogP contribution in [0, 0.1) is 5.92 Å². The molecule has 2 rings (SSSR count). The molecule has 1 saturated heterocycles. The van der Waals surface area contributed by atoms with Crippen molar-refractivity contribution in [2.75, 3.05) is 13.2 Å². The van der Waals surface area contributed by atoms with Gasteiger partial charge in [-0.2, -0.15) is 0 Å². The minimum Gasteiger partial charge on any atom is -0.379 e. The van der Waals surface area contributed by atoms with Gasteiger partial charge in [0.1, 0.15) is 5.54 Å². The minimum atomic E-state index is -0.779. The lowest BCUT2D eigenvalue weighted by molar-refractivity contribution is -0.127. The van der Waals surface area contributed by atoms with E-state index in [1.165, 1.54) is 19.3 Å². The normalized spacial score (nSPS) is 38.0. The van der Waals surface area contributed by atoms with Gasteiger partial charge in [-0.3, -0.25) is 4.79 Å². The van der Waals surface area contributed by atoms with Gasteiger partial charge in [-0.15, -0.1) is 0 Å². The molecular formula is C13H24N2O2. The molecule has 1 amide bonds. The largest absolute Gasteiger partial charge is 0.379 e. The molecule has 17 heavy (non-hydrogen) atoms. The third kappa shape index (κ3) is 2.99. The van der Waals surface area contributed by atoms with Gasteiger partial charge in [0, 0.05) is 12.6 Å². The summed E-state index contributed by atoms with van der Waals surface area (Å²) in [5, 5.41) is 3.12. The maximum Gasteiger partial charge on any atom is 0.242 e. The van der Waals surface area contributed by atoms with Crippen molar-refractivity contribution in [1.82, 2.24) is 5.32 Å². The van der Waals surface area contributed by atoms with Crippen LogP contribution in [0.15, 0.2) is 0 Å².